The van der Waals surface area contributed by atoms with Gasteiger partial charge < -0.3 is 10.4 Å². The number of aryl methyl sites for hydroxylation is 1. The molecule has 0 aliphatic rings. The van der Waals surface area contributed by atoms with Gasteiger partial charge in [-0.05, 0) is 25.0 Å². The van der Waals surface area contributed by atoms with Crippen molar-refractivity contribution < 1.29 is 14.7 Å². The molecule has 0 aliphatic heterocycles. The van der Waals surface area contributed by atoms with Crippen molar-refractivity contribution in [3.05, 3.63) is 21.9 Å². The molecule has 5 heteroatoms. The molecule has 1 atom stereocenters. The predicted octanol–water partition coefficient (Wildman–Crippen LogP) is 1.90. The molecule has 0 fully saturated rings. The molecule has 0 saturated heterocycles. The number of thiophene rings is 1. The summed E-state index contributed by atoms with van der Waals surface area (Å²) in [4.78, 5) is 24.1. The van der Waals surface area contributed by atoms with Gasteiger partial charge in [-0.3, -0.25) is 4.79 Å². The monoisotopic (exact) mass is 241 g/mol. The van der Waals surface area contributed by atoms with Crippen molar-refractivity contribution in [3.63, 3.8) is 0 Å². The summed E-state index contributed by atoms with van der Waals surface area (Å²) in [6.45, 7) is 3.74. The second-order valence-corrected chi connectivity index (χ2v) is 4.56. The molecule has 0 saturated carbocycles. The van der Waals surface area contributed by atoms with Crippen LogP contribution in [-0.2, 0) is 11.2 Å². The lowest BCUT2D eigenvalue weighted by molar-refractivity contribution is -0.139. The van der Waals surface area contributed by atoms with Crippen LogP contribution in [0.5, 0.6) is 0 Å². The van der Waals surface area contributed by atoms with Crippen molar-refractivity contribution in [2.45, 2.75) is 32.7 Å². The average Bonchev–Trinajstić information content (AvgIpc) is 2.73. The van der Waals surface area contributed by atoms with Gasteiger partial charge in [0.2, 0.25) is 0 Å². The van der Waals surface area contributed by atoms with Crippen LogP contribution >= 0.6 is 11.3 Å². The first-order chi connectivity index (χ1) is 7.58. The highest BCUT2D eigenvalue weighted by Gasteiger charge is 2.19. The van der Waals surface area contributed by atoms with Gasteiger partial charge in [0.25, 0.3) is 5.91 Å². The number of nitrogens with one attached hydrogen (secondary N) is 1. The van der Waals surface area contributed by atoms with Crippen molar-refractivity contribution in [2.75, 3.05) is 0 Å². The third-order valence-corrected chi connectivity index (χ3v) is 3.47. The number of aliphatic carboxylic acids is 1. The van der Waals surface area contributed by atoms with Crippen molar-refractivity contribution in [1.82, 2.24) is 5.32 Å². The van der Waals surface area contributed by atoms with Crippen LogP contribution in [-0.4, -0.2) is 23.0 Å². The Kier molecular flexibility index (Phi) is 4.49. The molecule has 0 spiro atoms. The summed E-state index contributed by atoms with van der Waals surface area (Å²) in [5.74, 6) is -1.30. The second-order valence-electron chi connectivity index (χ2n) is 3.39. The fourth-order valence-electron chi connectivity index (χ4n) is 1.26. The molecule has 1 aromatic heterocycles. The number of amides is 1. The smallest absolute Gasteiger partial charge is 0.326 e. The van der Waals surface area contributed by atoms with Crippen LogP contribution in [0.25, 0.3) is 0 Å². The number of hydrogen-bond donors (Lipinski definition) is 2. The molecule has 0 radical (unpaired) electrons. The normalized spacial score (nSPS) is 12.1. The molecule has 1 rings (SSSR count). The number of hydrogen-bond acceptors (Lipinski definition) is 3. The highest BCUT2D eigenvalue weighted by Crippen LogP contribution is 2.16. The van der Waals surface area contributed by atoms with E-state index < -0.39 is 12.0 Å². The predicted molar refractivity (Wildman–Crippen MR) is 62.9 cm³/mol. The topological polar surface area (TPSA) is 66.4 Å². The summed E-state index contributed by atoms with van der Waals surface area (Å²) in [5.41, 5.74) is 0. The van der Waals surface area contributed by atoms with Crippen molar-refractivity contribution in [3.8, 4) is 0 Å². The van der Waals surface area contributed by atoms with E-state index in [4.69, 9.17) is 5.11 Å². The fraction of sp³-hybridized carbons (Fsp3) is 0.455. The first-order valence-electron chi connectivity index (χ1n) is 5.20. The van der Waals surface area contributed by atoms with E-state index >= 15 is 0 Å². The Morgan fingerprint density at radius 1 is 1.44 bits per heavy atom. The van der Waals surface area contributed by atoms with Gasteiger partial charge in [-0.1, -0.05) is 13.8 Å². The zero-order valence-electron chi connectivity index (χ0n) is 9.32. The first-order valence-corrected chi connectivity index (χ1v) is 6.02. The van der Waals surface area contributed by atoms with Gasteiger partial charge in [-0.15, -0.1) is 11.3 Å². The zero-order valence-corrected chi connectivity index (χ0v) is 10.1. The van der Waals surface area contributed by atoms with Crippen LogP contribution < -0.4 is 5.32 Å². The summed E-state index contributed by atoms with van der Waals surface area (Å²) >= 11 is 1.40. The Morgan fingerprint density at radius 3 is 2.56 bits per heavy atom. The quantitative estimate of drug-likeness (QED) is 0.827. The maximum atomic E-state index is 11.7. The van der Waals surface area contributed by atoms with Crippen molar-refractivity contribution >= 4 is 23.2 Å². The lowest BCUT2D eigenvalue weighted by Gasteiger charge is -2.10. The Bertz CT molecular complexity index is 386. The van der Waals surface area contributed by atoms with E-state index in [1.54, 1.807) is 13.0 Å². The van der Waals surface area contributed by atoms with Crippen LogP contribution in [0.2, 0.25) is 0 Å². The average molecular weight is 241 g/mol. The third kappa shape index (κ3) is 3.06. The van der Waals surface area contributed by atoms with E-state index in [0.717, 1.165) is 11.3 Å². The van der Waals surface area contributed by atoms with Gasteiger partial charge in [0.05, 0.1) is 4.88 Å². The van der Waals surface area contributed by atoms with Crippen LogP contribution in [0.3, 0.4) is 0 Å². The van der Waals surface area contributed by atoms with Crippen LogP contribution in [0.4, 0.5) is 0 Å². The van der Waals surface area contributed by atoms with E-state index in [9.17, 15) is 9.59 Å². The number of carbonyl (C=O) groups is 2. The number of carboxylic acid groups (broad SMARTS) is 1. The van der Waals surface area contributed by atoms with Gasteiger partial charge in [0.1, 0.15) is 6.04 Å². The highest BCUT2D eigenvalue weighted by molar-refractivity contribution is 7.14. The zero-order chi connectivity index (χ0) is 12.1. The molecule has 16 heavy (non-hydrogen) atoms. The maximum absolute atomic E-state index is 11.7. The molecule has 2 N–H and O–H groups in total. The summed E-state index contributed by atoms with van der Waals surface area (Å²) in [7, 11) is 0. The summed E-state index contributed by atoms with van der Waals surface area (Å²) in [6, 6.07) is 2.81. The van der Waals surface area contributed by atoms with E-state index in [1.165, 1.54) is 11.3 Å². The first kappa shape index (κ1) is 12.7. The van der Waals surface area contributed by atoms with Gasteiger partial charge in [0, 0.05) is 4.88 Å². The van der Waals surface area contributed by atoms with Crippen LogP contribution in [0.1, 0.15) is 34.8 Å². The third-order valence-electron chi connectivity index (χ3n) is 2.25. The van der Waals surface area contributed by atoms with Gasteiger partial charge in [-0.25, -0.2) is 4.79 Å². The lowest BCUT2D eigenvalue weighted by Crippen LogP contribution is -2.39. The van der Waals surface area contributed by atoms with Crippen LogP contribution in [0.15, 0.2) is 12.1 Å². The minimum absolute atomic E-state index is 0.307. The van der Waals surface area contributed by atoms with Gasteiger partial charge >= 0.3 is 5.97 Å². The summed E-state index contributed by atoms with van der Waals surface area (Å²) in [6.07, 6.45) is 1.27. The molecule has 0 aliphatic carbocycles. The van der Waals surface area contributed by atoms with Crippen molar-refractivity contribution in [1.29, 1.82) is 0 Å². The second kappa shape index (κ2) is 5.65. The number of carboxylic acids is 1. The number of rotatable bonds is 5. The summed E-state index contributed by atoms with van der Waals surface area (Å²) in [5, 5.41) is 11.3. The van der Waals surface area contributed by atoms with E-state index in [-0.39, 0.29) is 5.91 Å². The highest BCUT2D eigenvalue weighted by atomic mass is 32.1. The Balaban J connectivity index is 2.67. The number of carbonyl (C=O) groups excluding carboxylic acids is 1. The largest absolute Gasteiger partial charge is 0.480 e. The van der Waals surface area contributed by atoms with E-state index in [1.807, 2.05) is 13.0 Å². The molecule has 0 bridgehead atoms. The van der Waals surface area contributed by atoms with Crippen molar-refractivity contribution in [2.24, 2.45) is 0 Å². The summed E-state index contributed by atoms with van der Waals surface area (Å²) < 4.78 is 0. The molecule has 4 nitrogen and oxygen atoms in total. The minimum atomic E-state index is -0.997. The molecular weight excluding hydrogens is 226 g/mol. The molecule has 88 valence electrons. The SMILES string of the molecule is CCc1ccc(C(=O)N[C@H](CC)C(=O)O)s1. The molecule has 0 unspecified atom stereocenters. The van der Waals surface area contributed by atoms with E-state index in [2.05, 4.69) is 5.32 Å². The van der Waals surface area contributed by atoms with Gasteiger partial charge in [0.15, 0.2) is 0 Å². The fourth-order valence-corrected chi connectivity index (χ4v) is 2.11. The van der Waals surface area contributed by atoms with E-state index in [0.29, 0.717) is 11.3 Å². The molecule has 1 heterocycles. The Morgan fingerprint density at radius 2 is 2.12 bits per heavy atom. The standard InChI is InChI=1S/C11H15NO3S/c1-3-7-5-6-9(16-7)10(13)12-8(4-2)11(14)15/h5-6,8H,3-4H2,1-2H3,(H,12,13)(H,14,15)/t8-/m1/s1. The Labute approximate surface area is 98.3 Å². The molecular formula is C11H15NO3S. The van der Waals surface area contributed by atoms with Gasteiger partial charge in [-0.2, -0.15) is 0 Å². The molecule has 1 aromatic rings. The molecule has 0 aromatic carbocycles. The lowest BCUT2D eigenvalue weighted by atomic mass is 10.2. The minimum Gasteiger partial charge on any atom is -0.480 e. The van der Waals surface area contributed by atoms with Crippen LogP contribution in [0, 0.1) is 0 Å². The molecule has 1 amide bonds. The maximum Gasteiger partial charge on any atom is 0.326 e. The Hall–Kier alpha value is -1.36.